The number of fused-ring (bicyclic) bond motifs is 1. The maximum absolute atomic E-state index is 14.6. The SMILES string of the molecule is CN(C)[C@H]1CN([C@H]2C[C@H](F)c3cccc(F)c32)C[C@@H]1c1ccc(S(C)(=O)=O)cc1. The summed E-state index contributed by atoms with van der Waals surface area (Å²) in [6.45, 7) is 1.38. The summed E-state index contributed by atoms with van der Waals surface area (Å²) in [5.41, 5.74) is 2.00. The minimum Gasteiger partial charge on any atom is -0.305 e. The van der Waals surface area contributed by atoms with Crippen LogP contribution in [0.2, 0.25) is 0 Å². The van der Waals surface area contributed by atoms with Crippen molar-refractivity contribution in [3.05, 3.63) is 65.0 Å². The topological polar surface area (TPSA) is 40.6 Å². The zero-order valence-corrected chi connectivity index (χ0v) is 17.7. The minimum absolute atomic E-state index is 0.132. The fraction of sp³-hybridized carbons (Fsp3) is 0.455. The molecule has 0 unspecified atom stereocenters. The predicted molar refractivity (Wildman–Crippen MR) is 109 cm³/mol. The van der Waals surface area contributed by atoms with E-state index in [1.165, 1.54) is 12.3 Å². The lowest BCUT2D eigenvalue weighted by atomic mass is 9.94. The number of alkyl halides is 1. The maximum atomic E-state index is 14.6. The monoisotopic (exact) mass is 420 g/mol. The Morgan fingerprint density at radius 3 is 2.38 bits per heavy atom. The first-order chi connectivity index (χ1) is 13.7. The van der Waals surface area contributed by atoms with Crippen LogP contribution in [0.15, 0.2) is 47.4 Å². The third-order valence-corrected chi connectivity index (χ3v) is 7.47. The van der Waals surface area contributed by atoms with Crippen LogP contribution in [0.5, 0.6) is 0 Å². The summed E-state index contributed by atoms with van der Waals surface area (Å²) in [4.78, 5) is 4.62. The number of halogens is 2. The van der Waals surface area contributed by atoms with Crippen LogP contribution in [0.1, 0.15) is 41.2 Å². The Kier molecular flexibility index (Phi) is 5.25. The van der Waals surface area contributed by atoms with Gasteiger partial charge in [-0.15, -0.1) is 0 Å². The normalized spacial score (nSPS) is 27.5. The molecule has 0 aromatic heterocycles. The molecule has 1 heterocycles. The highest BCUT2D eigenvalue weighted by atomic mass is 32.2. The van der Waals surface area contributed by atoms with Crippen LogP contribution in [0, 0.1) is 5.82 Å². The van der Waals surface area contributed by atoms with Crippen molar-refractivity contribution in [2.75, 3.05) is 33.4 Å². The molecule has 4 rings (SSSR count). The van der Waals surface area contributed by atoms with Crippen LogP contribution >= 0.6 is 0 Å². The molecule has 0 radical (unpaired) electrons. The number of nitrogens with zero attached hydrogens (tertiary/aromatic N) is 2. The van der Waals surface area contributed by atoms with E-state index in [0.717, 1.165) is 5.56 Å². The quantitative estimate of drug-likeness (QED) is 0.756. The third-order valence-electron chi connectivity index (χ3n) is 6.35. The van der Waals surface area contributed by atoms with Gasteiger partial charge in [-0.2, -0.15) is 0 Å². The van der Waals surface area contributed by atoms with E-state index in [4.69, 9.17) is 0 Å². The van der Waals surface area contributed by atoms with Gasteiger partial charge in [-0.25, -0.2) is 17.2 Å². The maximum Gasteiger partial charge on any atom is 0.175 e. The summed E-state index contributed by atoms with van der Waals surface area (Å²) < 4.78 is 52.6. The van der Waals surface area contributed by atoms with E-state index >= 15 is 0 Å². The second kappa shape index (κ2) is 7.45. The van der Waals surface area contributed by atoms with Crippen molar-refractivity contribution < 1.29 is 17.2 Å². The molecule has 0 spiro atoms. The van der Waals surface area contributed by atoms with Gasteiger partial charge in [-0.3, -0.25) is 4.90 Å². The summed E-state index contributed by atoms with van der Waals surface area (Å²) in [6, 6.07) is 11.6. The van der Waals surface area contributed by atoms with Crippen molar-refractivity contribution in [1.29, 1.82) is 0 Å². The van der Waals surface area contributed by atoms with Gasteiger partial charge in [0.25, 0.3) is 0 Å². The predicted octanol–water partition coefficient (Wildman–Crippen LogP) is 3.71. The first-order valence-corrected chi connectivity index (χ1v) is 11.7. The van der Waals surface area contributed by atoms with Crippen molar-refractivity contribution in [2.24, 2.45) is 0 Å². The zero-order chi connectivity index (χ0) is 20.9. The average molecular weight is 421 g/mol. The van der Waals surface area contributed by atoms with Gasteiger partial charge in [-0.1, -0.05) is 24.3 Å². The second-order valence-electron chi connectivity index (χ2n) is 8.39. The number of likely N-dealkylation sites (tertiary alicyclic amines) is 1. The van der Waals surface area contributed by atoms with Gasteiger partial charge in [0.2, 0.25) is 0 Å². The third kappa shape index (κ3) is 3.71. The van der Waals surface area contributed by atoms with Gasteiger partial charge in [0, 0.05) is 49.3 Å². The number of rotatable bonds is 4. The van der Waals surface area contributed by atoms with Crippen LogP contribution in [0.25, 0.3) is 0 Å². The number of benzene rings is 2. The molecule has 0 amide bonds. The molecule has 156 valence electrons. The van der Waals surface area contributed by atoms with Crippen molar-refractivity contribution in [3.8, 4) is 0 Å². The standard InChI is InChI=1S/C22H26F2N2O2S/c1-25(2)21-13-26(20-11-19(24)16-5-4-6-18(23)22(16)20)12-17(21)14-7-9-15(10-8-14)29(3,27)28/h4-10,17,19-21H,11-13H2,1-3H3/t17-,19+,20+,21+/m1/s1. The number of likely N-dealkylation sites (N-methyl/N-ethyl adjacent to an activating group) is 1. The highest BCUT2D eigenvalue weighted by Crippen LogP contribution is 2.48. The summed E-state index contributed by atoms with van der Waals surface area (Å²) in [6.07, 6.45) is 0.328. The van der Waals surface area contributed by atoms with Gasteiger partial charge in [-0.05, 0) is 43.4 Å². The molecule has 29 heavy (non-hydrogen) atoms. The molecular weight excluding hydrogens is 394 g/mol. The molecule has 0 bridgehead atoms. The lowest BCUT2D eigenvalue weighted by molar-refractivity contribution is 0.188. The molecule has 1 saturated heterocycles. The lowest BCUT2D eigenvalue weighted by Crippen LogP contribution is -2.35. The van der Waals surface area contributed by atoms with Crippen molar-refractivity contribution in [1.82, 2.24) is 9.80 Å². The van der Waals surface area contributed by atoms with Crippen LogP contribution in [-0.4, -0.2) is 57.7 Å². The Morgan fingerprint density at radius 2 is 1.76 bits per heavy atom. The molecule has 2 aromatic carbocycles. The summed E-state index contributed by atoms with van der Waals surface area (Å²) >= 11 is 0. The Bertz CT molecular complexity index is 1010. The van der Waals surface area contributed by atoms with Crippen LogP contribution < -0.4 is 0 Å². The van der Waals surface area contributed by atoms with E-state index in [2.05, 4.69) is 9.80 Å². The molecule has 1 aliphatic heterocycles. The Balaban J connectivity index is 1.64. The molecule has 2 aromatic rings. The lowest BCUT2D eigenvalue weighted by Gasteiger charge is -2.26. The molecule has 4 nitrogen and oxygen atoms in total. The Hall–Kier alpha value is -1.83. The van der Waals surface area contributed by atoms with Gasteiger partial charge >= 0.3 is 0 Å². The summed E-state index contributed by atoms with van der Waals surface area (Å²) in [5, 5.41) is 0. The first-order valence-electron chi connectivity index (χ1n) is 9.79. The van der Waals surface area contributed by atoms with E-state index in [1.54, 1.807) is 24.3 Å². The highest BCUT2D eigenvalue weighted by Gasteiger charge is 2.43. The van der Waals surface area contributed by atoms with Gasteiger partial charge in [0.05, 0.1) is 4.90 Å². The second-order valence-corrected chi connectivity index (χ2v) is 10.4. The van der Waals surface area contributed by atoms with Crippen LogP contribution in [-0.2, 0) is 9.84 Å². The number of hydrogen-bond acceptors (Lipinski definition) is 4. The van der Waals surface area contributed by atoms with E-state index < -0.39 is 16.0 Å². The molecule has 0 N–H and O–H groups in total. The number of sulfone groups is 1. The van der Waals surface area contributed by atoms with Crippen molar-refractivity contribution in [3.63, 3.8) is 0 Å². The fourth-order valence-electron chi connectivity index (χ4n) is 4.83. The zero-order valence-electron chi connectivity index (χ0n) is 16.8. The van der Waals surface area contributed by atoms with E-state index in [1.807, 2.05) is 26.2 Å². The smallest absolute Gasteiger partial charge is 0.175 e. The minimum atomic E-state index is -3.25. The first kappa shape index (κ1) is 20.4. The Morgan fingerprint density at radius 1 is 1.07 bits per heavy atom. The van der Waals surface area contributed by atoms with E-state index in [-0.39, 0.29) is 30.2 Å². The van der Waals surface area contributed by atoms with Gasteiger partial charge in [0.1, 0.15) is 12.0 Å². The van der Waals surface area contributed by atoms with Crippen molar-refractivity contribution >= 4 is 9.84 Å². The highest BCUT2D eigenvalue weighted by molar-refractivity contribution is 7.90. The fourth-order valence-corrected chi connectivity index (χ4v) is 5.47. The van der Waals surface area contributed by atoms with E-state index in [9.17, 15) is 17.2 Å². The molecule has 0 saturated carbocycles. The molecule has 1 fully saturated rings. The molecule has 7 heteroatoms. The summed E-state index contributed by atoms with van der Waals surface area (Å²) in [5.74, 6) is -0.206. The van der Waals surface area contributed by atoms with Gasteiger partial charge < -0.3 is 4.90 Å². The van der Waals surface area contributed by atoms with Crippen LogP contribution in [0.4, 0.5) is 8.78 Å². The molecule has 4 atom stereocenters. The largest absolute Gasteiger partial charge is 0.305 e. The van der Waals surface area contributed by atoms with E-state index in [0.29, 0.717) is 29.1 Å². The Labute approximate surface area is 171 Å². The van der Waals surface area contributed by atoms with Crippen LogP contribution in [0.3, 0.4) is 0 Å². The summed E-state index contributed by atoms with van der Waals surface area (Å²) in [7, 11) is 0.769. The van der Waals surface area contributed by atoms with Gasteiger partial charge in [0.15, 0.2) is 9.84 Å². The molecular formula is C22H26F2N2O2S. The van der Waals surface area contributed by atoms with Crippen molar-refractivity contribution in [2.45, 2.75) is 35.5 Å². The molecule has 1 aliphatic carbocycles. The molecule has 2 aliphatic rings. The average Bonchev–Trinajstić information content (AvgIpc) is 3.24. The number of hydrogen-bond donors (Lipinski definition) is 0.